The topological polar surface area (TPSA) is 120 Å². The summed E-state index contributed by atoms with van der Waals surface area (Å²) in [5.74, 6) is -1.05. The predicted molar refractivity (Wildman–Crippen MR) is 125 cm³/mol. The fraction of sp³-hybridized carbons (Fsp3) is 0.182. The van der Waals surface area contributed by atoms with Crippen LogP contribution in [-0.2, 0) is 31.7 Å². The van der Waals surface area contributed by atoms with Crippen molar-refractivity contribution >= 4 is 39.2 Å². The molecule has 0 atom stereocenters. The van der Waals surface area contributed by atoms with Gasteiger partial charge in [0.2, 0.25) is 5.91 Å². The molecule has 1 aromatic heterocycles. The van der Waals surface area contributed by atoms with E-state index in [1.165, 1.54) is 19.2 Å². The van der Waals surface area contributed by atoms with Crippen molar-refractivity contribution < 1.29 is 22.7 Å². The van der Waals surface area contributed by atoms with Crippen molar-refractivity contribution in [3.05, 3.63) is 78.6 Å². The maximum atomic E-state index is 12.7. The van der Waals surface area contributed by atoms with E-state index in [0.29, 0.717) is 10.8 Å². The highest BCUT2D eigenvalue weighted by molar-refractivity contribution is 7.99. The Labute approximate surface area is 195 Å². The van der Waals surface area contributed by atoms with Crippen LogP contribution >= 0.6 is 11.8 Å². The molecule has 172 valence electrons. The second-order valence-corrected chi connectivity index (χ2v) is 9.68. The summed E-state index contributed by atoms with van der Waals surface area (Å²) in [6, 6.07) is 14.6. The van der Waals surface area contributed by atoms with E-state index in [-0.39, 0.29) is 40.2 Å². The van der Waals surface area contributed by atoms with Crippen LogP contribution in [0, 0.1) is 0 Å². The Balaban J connectivity index is 1.72. The number of hydrogen-bond acceptors (Lipinski definition) is 8. The molecule has 3 aromatic rings. The summed E-state index contributed by atoms with van der Waals surface area (Å²) in [5.41, 5.74) is 0.568. The van der Waals surface area contributed by atoms with Crippen molar-refractivity contribution in [3.8, 4) is 0 Å². The number of thioether (sulfide) groups is 1. The van der Waals surface area contributed by atoms with Crippen molar-refractivity contribution in [3.63, 3.8) is 0 Å². The van der Waals surface area contributed by atoms with E-state index in [9.17, 15) is 18.0 Å². The van der Waals surface area contributed by atoms with Gasteiger partial charge >= 0.3 is 5.97 Å². The molecule has 1 heterocycles. The number of ether oxygens (including phenoxy) is 1. The fourth-order valence-electron chi connectivity index (χ4n) is 2.92. The standard InChI is InChI=1S/C22H22N4O5S2/c1-3-13-26-19(15-33(29,30)16-9-5-4-6-10-16)24-25-22(26)32-14-20(27)23-18-12-8-7-11-17(18)21(28)31-2/h3-12H,1,13-15H2,2H3,(H,23,27). The molecule has 0 bridgehead atoms. The van der Waals surface area contributed by atoms with Gasteiger partial charge < -0.3 is 14.6 Å². The van der Waals surface area contributed by atoms with Gasteiger partial charge in [0, 0.05) is 6.54 Å². The zero-order chi connectivity index (χ0) is 23.8. The van der Waals surface area contributed by atoms with E-state index in [0.717, 1.165) is 11.8 Å². The van der Waals surface area contributed by atoms with Crippen LogP contribution in [0.5, 0.6) is 0 Å². The van der Waals surface area contributed by atoms with Crippen LogP contribution in [0.15, 0.2) is 77.3 Å². The second-order valence-electron chi connectivity index (χ2n) is 6.74. The van der Waals surface area contributed by atoms with Gasteiger partial charge in [-0.3, -0.25) is 4.79 Å². The maximum absolute atomic E-state index is 12.7. The number of para-hydroxylation sites is 1. The van der Waals surface area contributed by atoms with Crippen LogP contribution in [0.25, 0.3) is 0 Å². The zero-order valence-electron chi connectivity index (χ0n) is 17.8. The van der Waals surface area contributed by atoms with Gasteiger partial charge in [0.05, 0.1) is 29.0 Å². The van der Waals surface area contributed by atoms with Crippen molar-refractivity contribution in [2.75, 3.05) is 18.2 Å². The van der Waals surface area contributed by atoms with Crippen LogP contribution in [0.2, 0.25) is 0 Å². The number of carbonyl (C=O) groups is 2. The lowest BCUT2D eigenvalue weighted by Crippen LogP contribution is -2.17. The summed E-state index contributed by atoms with van der Waals surface area (Å²) in [6.45, 7) is 3.98. The summed E-state index contributed by atoms with van der Waals surface area (Å²) in [4.78, 5) is 24.5. The number of hydrogen-bond donors (Lipinski definition) is 1. The summed E-state index contributed by atoms with van der Waals surface area (Å²) in [5, 5.41) is 11.1. The predicted octanol–water partition coefficient (Wildman–Crippen LogP) is 2.96. The number of allylic oxidation sites excluding steroid dienone is 1. The van der Waals surface area contributed by atoms with Gasteiger partial charge in [-0.05, 0) is 24.3 Å². The minimum absolute atomic E-state index is 0.0315. The first-order valence-electron chi connectivity index (χ1n) is 9.76. The molecule has 9 nitrogen and oxygen atoms in total. The molecule has 0 radical (unpaired) electrons. The van der Waals surface area contributed by atoms with Crippen LogP contribution < -0.4 is 5.32 Å². The Bertz CT molecular complexity index is 1260. The van der Waals surface area contributed by atoms with E-state index in [4.69, 9.17) is 4.74 Å². The first kappa shape index (κ1) is 24.2. The van der Waals surface area contributed by atoms with Crippen molar-refractivity contribution in [2.45, 2.75) is 22.3 Å². The van der Waals surface area contributed by atoms with E-state index in [1.807, 2.05) is 0 Å². The van der Waals surface area contributed by atoms with Crippen molar-refractivity contribution in [1.29, 1.82) is 0 Å². The SMILES string of the molecule is C=CCn1c(CS(=O)(=O)c2ccccc2)nnc1SCC(=O)Nc1ccccc1C(=O)OC. The largest absolute Gasteiger partial charge is 0.465 e. The average molecular weight is 487 g/mol. The Hall–Kier alpha value is -3.44. The minimum atomic E-state index is -3.62. The van der Waals surface area contributed by atoms with Gasteiger partial charge in [0.1, 0.15) is 11.6 Å². The number of anilines is 1. The molecule has 1 amide bonds. The molecule has 0 fully saturated rings. The number of amides is 1. The minimum Gasteiger partial charge on any atom is -0.465 e. The summed E-state index contributed by atoms with van der Waals surface area (Å²) < 4.78 is 31.8. The molecule has 0 unspecified atom stereocenters. The van der Waals surface area contributed by atoms with E-state index < -0.39 is 15.8 Å². The van der Waals surface area contributed by atoms with Gasteiger partial charge in [-0.15, -0.1) is 16.8 Å². The van der Waals surface area contributed by atoms with Crippen molar-refractivity contribution in [1.82, 2.24) is 14.8 Å². The molecule has 3 rings (SSSR count). The van der Waals surface area contributed by atoms with Gasteiger partial charge in [-0.2, -0.15) is 0 Å². The van der Waals surface area contributed by atoms with Gasteiger partial charge in [-0.25, -0.2) is 13.2 Å². The Morgan fingerprint density at radius 3 is 2.52 bits per heavy atom. The van der Waals surface area contributed by atoms with Crippen LogP contribution in [-0.4, -0.2) is 47.9 Å². The molecule has 11 heteroatoms. The number of nitrogens with zero attached hydrogens (tertiary/aromatic N) is 3. The highest BCUT2D eigenvalue weighted by Crippen LogP contribution is 2.22. The van der Waals surface area contributed by atoms with Crippen molar-refractivity contribution in [2.24, 2.45) is 0 Å². The number of carbonyl (C=O) groups excluding carboxylic acids is 2. The van der Waals surface area contributed by atoms with Crippen LogP contribution in [0.1, 0.15) is 16.2 Å². The molecule has 0 spiro atoms. The van der Waals surface area contributed by atoms with Gasteiger partial charge in [0.25, 0.3) is 0 Å². The Morgan fingerprint density at radius 2 is 1.82 bits per heavy atom. The molecule has 33 heavy (non-hydrogen) atoms. The molecular weight excluding hydrogens is 464 g/mol. The average Bonchev–Trinajstić information content (AvgIpc) is 3.19. The molecule has 0 saturated heterocycles. The normalized spacial score (nSPS) is 11.1. The first-order chi connectivity index (χ1) is 15.9. The maximum Gasteiger partial charge on any atom is 0.339 e. The lowest BCUT2D eigenvalue weighted by atomic mass is 10.2. The number of nitrogens with one attached hydrogen (secondary N) is 1. The lowest BCUT2D eigenvalue weighted by Gasteiger charge is -2.10. The number of methoxy groups -OCH3 is 1. The highest BCUT2D eigenvalue weighted by Gasteiger charge is 2.22. The second kappa shape index (κ2) is 10.9. The molecule has 0 aliphatic rings. The van der Waals surface area contributed by atoms with E-state index >= 15 is 0 Å². The Kier molecular flexibility index (Phi) is 8.01. The van der Waals surface area contributed by atoms with Gasteiger partial charge in [-0.1, -0.05) is 48.2 Å². The summed E-state index contributed by atoms with van der Waals surface area (Å²) in [7, 11) is -2.36. The molecule has 0 aliphatic carbocycles. The van der Waals surface area contributed by atoms with E-state index in [2.05, 4.69) is 22.1 Å². The molecule has 0 saturated carbocycles. The van der Waals surface area contributed by atoms with Crippen LogP contribution in [0.3, 0.4) is 0 Å². The molecule has 0 aliphatic heterocycles. The number of benzene rings is 2. The fourth-order valence-corrected chi connectivity index (χ4v) is 4.98. The molecular formula is C22H22N4O5S2. The summed E-state index contributed by atoms with van der Waals surface area (Å²) in [6.07, 6.45) is 1.60. The zero-order valence-corrected chi connectivity index (χ0v) is 19.4. The third-order valence-corrected chi connectivity index (χ3v) is 7.06. The number of esters is 1. The van der Waals surface area contributed by atoms with E-state index in [1.54, 1.807) is 53.1 Å². The molecule has 1 N–H and O–H groups in total. The Morgan fingerprint density at radius 1 is 1.12 bits per heavy atom. The smallest absolute Gasteiger partial charge is 0.339 e. The quantitative estimate of drug-likeness (QED) is 0.264. The highest BCUT2D eigenvalue weighted by atomic mass is 32.2. The number of sulfone groups is 1. The lowest BCUT2D eigenvalue weighted by molar-refractivity contribution is -0.113. The number of rotatable bonds is 10. The summed E-state index contributed by atoms with van der Waals surface area (Å²) >= 11 is 1.10. The third-order valence-electron chi connectivity index (χ3n) is 4.47. The third kappa shape index (κ3) is 6.08. The molecule has 2 aromatic carbocycles. The van der Waals surface area contributed by atoms with Gasteiger partial charge in [0.15, 0.2) is 15.0 Å². The number of aromatic nitrogens is 3. The van der Waals surface area contributed by atoms with Crippen LogP contribution in [0.4, 0.5) is 5.69 Å². The first-order valence-corrected chi connectivity index (χ1v) is 12.4. The monoisotopic (exact) mass is 486 g/mol.